The zero-order valence-corrected chi connectivity index (χ0v) is 18.0. The van der Waals surface area contributed by atoms with Crippen molar-refractivity contribution in [2.24, 2.45) is 0 Å². The first-order chi connectivity index (χ1) is 14.8. The highest BCUT2D eigenvalue weighted by atomic mass is 32.2. The highest BCUT2D eigenvalue weighted by molar-refractivity contribution is 7.85. The Morgan fingerprint density at radius 3 is 2.16 bits per heavy atom. The van der Waals surface area contributed by atoms with Crippen molar-refractivity contribution in [3.8, 4) is 5.75 Å². The number of anilines is 3. The fraction of sp³-hybridized carbons (Fsp3) is 0.0476. The molecule has 0 unspecified atom stereocenters. The largest absolute Gasteiger partial charge is 0.495 e. The van der Waals surface area contributed by atoms with Crippen molar-refractivity contribution >= 4 is 50.4 Å². The zero-order valence-electron chi connectivity index (χ0n) is 16.3. The van der Waals surface area contributed by atoms with E-state index in [9.17, 15) is 13.2 Å². The van der Waals surface area contributed by atoms with Crippen molar-refractivity contribution in [1.82, 2.24) is 0 Å². The minimum atomic E-state index is -4.27. The van der Waals surface area contributed by atoms with Crippen molar-refractivity contribution < 1.29 is 22.5 Å². The van der Waals surface area contributed by atoms with Gasteiger partial charge in [-0.3, -0.25) is 9.35 Å². The molecule has 3 aromatic carbocycles. The molecule has 0 aliphatic heterocycles. The second kappa shape index (κ2) is 9.56. The Bertz CT molecular complexity index is 1200. The van der Waals surface area contributed by atoms with Gasteiger partial charge in [-0.25, -0.2) is 0 Å². The van der Waals surface area contributed by atoms with Gasteiger partial charge in [-0.05, 0) is 66.8 Å². The molecule has 0 heterocycles. The lowest BCUT2D eigenvalue weighted by molar-refractivity contribution is 0.102. The van der Waals surface area contributed by atoms with Crippen molar-refractivity contribution in [1.29, 1.82) is 0 Å². The molecule has 0 saturated carbocycles. The Morgan fingerprint density at radius 1 is 0.903 bits per heavy atom. The van der Waals surface area contributed by atoms with Gasteiger partial charge in [-0.15, -0.1) is 0 Å². The van der Waals surface area contributed by atoms with Crippen LogP contribution in [0.4, 0.5) is 17.1 Å². The molecular formula is C21H19N3O5S2. The Hall–Kier alpha value is -3.47. The van der Waals surface area contributed by atoms with Crippen LogP contribution in [-0.2, 0) is 10.1 Å². The summed E-state index contributed by atoms with van der Waals surface area (Å²) in [6, 6.07) is 19.4. The number of benzene rings is 3. The lowest BCUT2D eigenvalue weighted by Gasteiger charge is -2.15. The molecule has 10 heteroatoms. The maximum Gasteiger partial charge on any atom is 0.294 e. The summed E-state index contributed by atoms with van der Waals surface area (Å²) in [5, 5.41) is 8.86. The van der Waals surface area contributed by atoms with E-state index < -0.39 is 10.1 Å². The second-order valence-electron chi connectivity index (χ2n) is 6.31. The summed E-state index contributed by atoms with van der Waals surface area (Å²) >= 11 is 5.30. The summed E-state index contributed by atoms with van der Waals surface area (Å²) in [7, 11) is -2.78. The first-order valence-corrected chi connectivity index (χ1v) is 10.8. The van der Waals surface area contributed by atoms with E-state index in [-0.39, 0.29) is 15.9 Å². The van der Waals surface area contributed by atoms with Gasteiger partial charge in [-0.1, -0.05) is 18.2 Å². The van der Waals surface area contributed by atoms with E-state index in [1.54, 1.807) is 30.3 Å². The van der Waals surface area contributed by atoms with Gasteiger partial charge >= 0.3 is 0 Å². The van der Waals surface area contributed by atoms with Crippen LogP contribution in [0.25, 0.3) is 0 Å². The van der Waals surface area contributed by atoms with Gasteiger partial charge in [0.25, 0.3) is 16.0 Å². The van der Waals surface area contributed by atoms with Crippen molar-refractivity contribution in [3.05, 3.63) is 78.4 Å². The number of para-hydroxylation sites is 1. The molecule has 1 amide bonds. The number of carbonyl (C=O) groups excluding carboxylic acids is 1. The summed E-state index contributed by atoms with van der Waals surface area (Å²) in [4.78, 5) is 12.3. The second-order valence-corrected chi connectivity index (χ2v) is 8.14. The lowest BCUT2D eigenvalue weighted by atomic mass is 10.1. The Labute approximate surface area is 185 Å². The molecule has 0 aliphatic rings. The number of carbonyl (C=O) groups is 1. The number of rotatable bonds is 6. The number of hydrogen-bond donors (Lipinski definition) is 4. The molecular weight excluding hydrogens is 438 g/mol. The predicted octanol–water partition coefficient (Wildman–Crippen LogP) is 4.00. The van der Waals surface area contributed by atoms with E-state index >= 15 is 0 Å². The number of ether oxygens (including phenoxy) is 1. The fourth-order valence-electron chi connectivity index (χ4n) is 2.67. The molecule has 0 radical (unpaired) electrons. The maximum atomic E-state index is 12.6. The van der Waals surface area contributed by atoms with E-state index in [1.807, 2.05) is 18.2 Å². The third-order valence-corrected chi connectivity index (χ3v) is 5.22. The van der Waals surface area contributed by atoms with Crippen LogP contribution >= 0.6 is 12.2 Å². The van der Waals surface area contributed by atoms with Crippen LogP contribution < -0.4 is 20.7 Å². The molecule has 3 aromatic rings. The number of methoxy groups -OCH3 is 1. The first kappa shape index (κ1) is 22.2. The normalized spacial score (nSPS) is 10.8. The molecule has 4 N–H and O–H groups in total. The molecule has 8 nitrogen and oxygen atoms in total. The quantitative estimate of drug-likeness (QED) is 0.324. The Kier molecular flexibility index (Phi) is 6.85. The zero-order chi connectivity index (χ0) is 22.4. The molecule has 3 rings (SSSR count). The van der Waals surface area contributed by atoms with Crippen LogP contribution in [0.2, 0.25) is 0 Å². The van der Waals surface area contributed by atoms with E-state index in [0.29, 0.717) is 28.4 Å². The summed E-state index contributed by atoms with van der Waals surface area (Å²) in [6.07, 6.45) is 0. The number of thiocarbonyl (C=S) groups is 1. The maximum absolute atomic E-state index is 12.6. The molecule has 31 heavy (non-hydrogen) atoms. The van der Waals surface area contributed by atoms with Gasteiger partial charge in [0.1, 0.15) is 5.75 Å². The monoisotopic (exact) mass is 457 g/mol. The van der Waals surface area contributed by atoms with Crippen molar-refractivity contribution in [3.63, 3.8) is 0 Å². The molecule has 0 spiro atoms. The van der Waals surface area contributed by atoms with E-state index in [0.717, 1.165) is 0 Å². The van der Waals surface area contributed by atoms with Crippen LogP contribution in [0.1, 0.15) is 10.4 Å². The molecule has 0 aliphatic carbocycles. The third kappa shape index (κ3) is 6.01. The van der Waals surface area contributed by atoms with E-state index in [1.165, 1.54) is 31.4 Å². The third-order valence-electron chi connectivity index (χ3n) is 4.15. The summed E-state index contributed by atoms with van der Waals surface area (Å²) in [5.41, 5.74) is 2.04. The van der Waals surface area contributed by atoms with Gasteiger partial charge < -0.3 is 20.7 Å². The molecule has 0 atom stereocenters. The molecule has 160 valence electrons. The highest BCUT2D eigenvalue weighted by Gasteiger charge is 2.13. The summed E-state index contributed by atoms with van der Waals surface area (Å²) in [5.74, 6) is 0.179. The topological polar surface area (TPSA) is 117 Å². The Balaban J connectivity index is 1.73. The minimum Gasteiger partial charge on any atom is -0.495 e. The number of hydrogen-bond acceptors (Lipinski definition) is 5. The molecule has 0 saturated heterocycles. The average molecular weight is 458 g/mol. The van der Waals surface area contributed by atoms with Gasteiger partial charge in [0.15, 0.2) is 5.11 Å². The predicted molar refractivity (Wildman–Crippen MR) is 123 cm³/mol. The minimum absolute atomic E-state index is 0.193. The van der Waals surface area contributed by atoms with Gasteiger partial charge in [0.2, 0.25) is 0 Å². The van der Waals surface area contributed by atoms with Crippen molar-refractivity contribution in [2.45, 2.75) is 4.90 Å². The molecule has 0 fully saturated rings. The molecule has 0 bridgehead atoms. The number of amides is 1. The van der Waals surface area contributed by atoms with Gasteiger partial charge in [0, 0.05) is 16.9 Å². The lowest BCUT2D eigenvalue weighted by Crippen LogP contribution is -2.20. The van der Waals surface area contributed by atoms with Crippen molar-refractivity contribution in [2.75, 3.05) is 23.1 Å². The summed E-state index contributed by atoms with van der Waals surface area (Å²) < 4.78 is 36.6. The molecule has 0 aromatic heterocycles. The smallest absolute Gasteiger partial charge is 0.294 e. The van der Waals surface area contributed by atoms with Crippen LogP contribution in [0.5, 0.6) is 5.75 Å². The van der Waals surface area contributed by atoms with Crippen LogP contribution in [0.15, 0.2) is 77.7 Å². The fourth-order valence-corrected chi connectivity index (χ4v) is 3.37. The van der Waals surface area contributed by atoms with Crippen LogP contribution in [-0.4, -0.2) is 31.1 Å². The van der Waals surface area contributed by atoms with E-state index in [2.05, 4.69) is 16.0 Å². The first-order valence-electron chi connectivity index (χ1n) is 8.96. The van der Waals surface area contributed by atoms with Gasteiger partial charge in [-0.2, -0.15) is 8.42 Å². The Morgan fingerprint density at radius 2 is 1.55 bits per heavy atom. The summed E-state index contributed by atoms with van der Waals surface area (Å²) in [6.45, 7) is 0. The van der Waals surface area contributed by atoms with Crippen LogP contribution in [0, 0.1) is 0 Å². The van der Waals surface area contributed by atoms with Gasteiger partial charge in [0.05, 0.1) is 17.7 Å². The standard InChI is InChI=1S/C21H19N3O5S2/c1-29-19-12-7-14(20(25)22-15-5-3-2-4-6-15)13-18(19)24-21(30)23-16-8-10-17(11-9-16)31(26,27)28/h2-13H,1H3,(H,22,25)(H2,23,24,30)(H,26,27,28). The average Bonchev–Trinajstić information content (AvgIpc) is 2.74. The van der Waals surface area contributed by atoms with E-state index in [4.69, 9.17) is 21.5 Å². The SMILES string of the molecule is COc1ccc(C(=O)Nc2ccccc2)cc1NC(=S)Nc1ccc(S(=O)(=O)O)cc1. The number of nitrogens with one attached hydrogen (secondary N) is 3. The highest BCUT2D eigenvalue weighted by Crippen LogP contribution is 2.26. The van der Waals surface area contributed by atoms with Crippen LogP contribution in [0.3, 0.4) is 0 Å².